The fourth-order valence-corrected chi connectivity index (χ4v) is 2.24. The first kappa shape index (κ1) is 16.3. The Hall–Kier alpha value is -1.79. The smallest absolute Gasteiger partial charge is 0.411 e. The Bertz CT molecular complexity index is 400. The molecule has 0 aliphatic carbocycles. The van der Waals surface area contributed by atoms with Crippen LogP contribution in [-0.2, 0) is 14.3 Å². The van der Waals surface area contributed by atoms with Crippen LogP contribution < -0.4 is 0 Å². The summed E-state index contributed by atoms with van der Waals surface area (Å²) in [7, 11) is 0. The highest BCUT2D eigenvalue weighted by atomic mass is 16.6. The van der Waals surface area contributed by atoms with Gasteiger partial charge in [0.05, 0.1) is 0 Å². The molecule has 2 N–H and O–H groups in total. The van der Waals surface area contributed by atoms with Crippen LogP contribution in [0.15, 0.2) is 0 Å². The first-order valence-electron chi connectivity index (χ1n) is 6.54. The number of carbonyl (C=O) groups is 3. The van der Waals surface area contributed by atoms with Crippen molar-refractivity contribution in [3.63, 3.8) is 0 Å². The fraction of sp³-hybridized carbons (Fsp3) is 0.769. The predicted molar refractivity (Wildman–Crippen MR) is 69.3 cm³/mol. The summed E-state index contributed by atoms with van der Waals surface area (Å²) in [6.45, 7) is 5.18. The average Bonchev–Trinajstić information content (AvgIpc) is 2.25. The minimum atomic E-state index is -1.09. The molecule has 0 unspecified atom stereocenters. The van der Waals surface area contributed by atoms with Gasteiger partial charge in [0.25, 0.3) is 0 Å². The van der Waals surface area contributed by atoms with Crippen molar-refractivity contribution in [2.24, 2.45) is 5.92 Å². The maximum Gasteiger partial charge on any atom is 0.411 e. The lowest BCUT2D eigenvalue weighted by molar-refractivity contribution is -0.145. The summed E-state index contributed by atoms with van der Waals surface area (Å²) in [6, 6.07) is -0.949. The third-order valence-corrected chi connectivity index (χ3v) is 3.06. The number of rotatable bonds is 3. The predicted octanol–water partition coefficient (Wildman–Crippen LogP) is 1.56. The summed E-state index contributed by atoms with van der Waals surface area (Å²) in [5.41, 5.74) is -0.722. The number of amides is 1. The third kappa shape index (κ3) is 4.71. The number of carbonyl (C=O) groups excluding carboxylic acids is 1. The number of hydrogen-bond acceptors (Lipinski definition) is 4. The van der Waals surface area contributed by atoms with Crippen molar-refractivity contribution in [2.45, 2.75) is 51.7 Å². The second kappa shape index (κ2) is 6.11. The van der Waals surface area contributed by atoms with E-state index in [0.717, 1.165) is 4.90 Å². The van der Waals surface area contributed by atoms with Gasteiger partial charge >= 0.3 is 18.0 Å². The molecule has 2 atom stereocenters. The van der Waals surface area contributed by atoms with Crippen LogP contribution in [0.3, 0.4) is 0 Å². The molecule has 1 heterocycles. The Morgan fingerprint density at radius 1 is 1.20 bits per heavy atom. The maximum absolute atomic E-state index is 12.1. The number of ether oxygens (including phenoxy) is 1. The van der Waals surface area contributed by atoms with Crippen LogP contribution in [0.4, 0.5) is 4.79 Å². The Balaban J connectivity index is 2.80. The molecule has 20 heavy (non-hydrogen) atoms. The van der Waals surface area contributed by atoms with Gasteiger partial charge in [0, 0.05) is 13.0 Å². The molecule has 7 nitrogen and oxygen atoms in total. The van der Waals surface area contributed by atoms with Crippen LogP contribution >= 0.6 is 0 Å². The van der Waals surface area contributed by atoms with Crippen LogP contribution in [-0.4, -0.2) is 51.3 Å². The summed E-state index contributed by atoms with van der Waals surface area (Å²) in [5.74, 6) is -2.28. The second-order valence-electron chi connectivity index (χ2n) is 6.03. The quantitative estimate of drug-likeness (QED) is 0.816. The van der Waals surface area contributed by atoms with Crippen LogP contribution in [0.5, 0.6) is 0 Å². The van der Waals surface area contributed by atoms with Gasteiger partial charge < -0.3 is 14.9 Å². The molecule has 7 heteroatoms. The standard InChI is InChI=1S/C13H21NO6/c1-13(2,3)20-12(19)14-7-8(6-10(15)16)4-5-9(14)11(17)18/h8-9H,4-7H2,1-3H3,(H,15,16)(H,17,18)/t8-,9+/m0/s1. The summed E-state index contributed by atoms with van der Waals surface area (Å²) in [5, 5.41) is 18.0. The Labute approximate surface area is 117 Å². The molecule has 114 valence electrons. The van der Waals surface area contributed by atoms with E-state index in [-0.39, 0.29) is 25.3 Å². The SMILES string of the molecule is CC(C)(C)OC(=O)N1C[C@H](CC(=O)O)CC[C@@H]1C(=O)O. The van der Waals surface area contributed by atoms with Crippen LogP contribution in [0.2, 0.25) is 0 Å². The molecule has 0 bridgehead atoms. The highest BCUT2D eigenvalue weighted by Gasteiger charge is 2.38. The van der Waals surface area contributed by atoms with Crippen LogP contribution in [0, 0.1) is 5.92 Å². The maximum atomic E-state index is 12.1. The zero-order chi connectivity index (χ0) is 15.5. The monoisotopic (exact) mass is 287 g/mol. The summed E-state index contributed by atoms with van der Waals surface area (Å²) in [6.07, 6.45) is -0.0687. The van der Waals surface area contributed by atoms with Crippen molar-refractivity contribution in [3.8, 4) is 0 Å². The van der Waals surface area contributed by atoms with E-state index in [9.17, 15) is 14.4 Å². The summed E-state index contributed by atoms with van der Waals surface area (Å²) in [4.78, 5) is 35.1. The highest BCUT2D eigenvalue weighted by molar-refractivity contribution is 5.80. The number of piperidine rings is 1. The van der Waals surface area contributed by atoms with Gasteiger partial charge in [-0.15, -0.1) is 0 Å². The Morgan fingerprint density at radius 3 is 2.25 bits per heavy atom. The van der Waals surface area contributed by atoms with Gasteiger partial charge in [0.2, 0.25) is 0 Å². The van der Waals surface area contributed by atoms with Gasteiger partial charge in [-0.05, 0) is 39.5 Å². The fourth-order valence-electron chi connectivity index (χ4n) is 2.24. The van der Waals surface area contributed by atoms with Crippen molar-refractivity contribution >= 4 is 18.0 Å². The van der Waals surface area contributed by atoms with Crippen molar-refractivity contribution in [3.05, 3.63) is 0 Å². The molecule has 0 saturated carbocycles. The van der Waals surface area contributed by atoms with Gasteiger partial charge in [0.15, 0.2) is 0 Å². The lowest BCUT2D eigenvalue weighted by Crippen LogP contribution is -2.52. The molecule has 1 aliphatic heterocycles. The van der Waals surface area contributed by atoms with Gasteiger partial charge in [-0.1, -0.05) is 0 Å². The average molecular weight is 287 g/mol. The van der Waals surface area contributed by atoms with E-state index in [1.54, 1.807) is 20.8 Å². The highest BCUT2D eigenvalue weighted by Crippen LogP contribution is 2.26. The molecule has 1 saturated heterocycles. The minimum absolute atomic E-state index is 0.0777. The first-order valence-corrected chi connectivity index (χ1v) is 6.54. The summed E-state index contributed by atoms with van der Waals surface area (Å²) >= 11 is 0. The van der Waals surface area contributed by atoms with Crippen LogP contribution in [0.25, 0.3) is 0 Å². The van der Waals surface area contributed by atoms with Gasteiger partial charge in [0.1, 0.15) is 11.6 Å². The molecule has 1 amide bonds. The molecule has 0 aromatic heterocycles. The van der Waals surface area contributed by atoms with Crippen molar-refractivity contribution in [1.82, 2.24) is 4.90 Å². The minimum Gasteiger partial charge on any atom is -0.481 e. The lowest BCUT2D eigenvalue weighted by Gasteiger charge is -2.37. The van der Waals surface area contributed by atoms with E-state index in [1.807, 2.05) is 0 Å². The van der Waals surface area contributed by atoms with E-state index < -0.39 is 29.7 Å². The number of carboxylic acid groups (broad SMARTS) is 2. The summed E-state index contributed by atoms with van der Waals surface area (Å²) < 4.78 is 5.19. The van der Waals surface area contributed by atoms with E-state index in [2.05, 4.69) is 0 Å². The van der Waals surface area contributed by atoms with Crippen molar-refractivity contribution in [2.75, 3.05) is 6.54 Å². The molecule has 0 aromatic rings. The zero-order valence-corrected chi connectivity index (χ0v) is 12.0. The largest absolute Gasteiger partial charge is 0.481 e. The molecular weight excluding hydrogens is 266 g/mol. The lowest BCUT2D eigenvalue weighted by atomic mass is 9.90. The Morgan fingerprint density at radius 2 is 1.80 bits per heavy atom. The molecular formula is C13H21NO6. The first-order chi connectivity index (χ1) is 9.10. The van der Waals surface area contributed by atoms with E-state index >= 15 is 0 Å². The topological polar surface area (TPSA) is 104 Å². The van der Waals surface area contributed by atoms with Gasteiger partial charge in [-0.25, -0.2) is 9.59 Å². The van der Waals surface area contributed by atoms with E-state index in [0.29, 0.717) is 6.42 Å². The van der Waals surface area contributed by atoms with E-state index in [1.165, 1.54) is 0 Å². The third-order valence-electron chi connectivity index (χ3n) is 3.06. The molecule has 1 aliphatic rings. The Kier molecular flexibility index (Phi) is 4.97. The number of carboxylic acids is 2. The molecule has 0 spiro atoms. The number of likely N-dealkylation sites (tertiary alicyclic amines) is 1. The van der Waals surface area contributed by atoms with Gasteiger partial charge in [-0.3, -0.25) is 9.69 Å². The molecule has 0 radical (unpaired) electrons. The second-order valence-corrected chi connectivity index (χ2v) is 6.03. The zero-order valence-electron chi connectivity index (χ0n) is 12.0. The number of aliphatic carboxylic acids is 2. The number of nitrogens with zero attached hydrogens (tertiary/aromatic N) is 1. The molecule has 1 fully saturated rings. The molecule has 0 aromatic carbocycles. The van der Waals surface area contributed by atoms with E-state index in [4.69, 9.17) is 14.9 Å². The number of hydrogen-bond donors (Lipinski definition) is 2. The van der Waals surface area contributed by atoms with Crippen molar-refractivity contribution in [1.29, 1.82) is 0 Å². The van der Waals surface area contributed by atoms with Crippen LogP contribution in [0.1, 0.15) is 40.0 Å². The van der Waals surface area contributed by atoms with Crippen molar-refractivity contribution < 1.29 is 29.3 Å². The van der Waals surface area contributed by atoms with Gasteiger partial charge in [-0.2, -0.15) is 0 Å². The normalized spacial score (nSPS) is 23.2. The molecule has 1 rings (SSSR count).